The van der Waals surface area contributed by atoms with Gasteiger partial charge in [0.05, 0.1) is 0 Å². The van der Waals surface area contributed by atoms with Crippen LogP contribution in [-0.2, 0) is 11.3 Å². The fraction of sp³-hybridized carbons (Fsp3) is 0.636. The molecule has 5 nitrogen and oxygen atoms in total. The predicted molar refractivity (Wildman–Crippen MR) is 73.3 cm³/mol. The number of aromatic nitrogens is 2. The van der Waals surface area contributed by atoms with Crippen LogP contribution in [0.4, 0.5) is 11.6 Å². The standard InChI is InChI=1S/C11H20N4OS/c1-3-16-8-11-14-9(12)7-10(15-11)13-5-4-6-17-2/h7H,3-6,8H2,1-2H3,(H3,12,13,14,15). The second kappa shape index (κ2) is 8.14. The quantitative estimate of drug-likeness (QED) is 0.690. The first-order valence-electron chi connectivity index (χ1n) is 5.70. The molecule has 1 aromatic heterocycles. The zero-order chi connectivity index (χ0) is 12.5. The molecule has 0 aromatic carbocycles. The van der Waals surface area contributed by atoms with Gasteiger partial charge in [0.25, 0.3) is 0 Å². The molecular weight excluding hydrogens is 236 g/mol. The monoisotopic (exact) mass is 256 g/mol. The summed E-state index contributed by atoms with van der Waals surface area (Å²) in [5.41, 5.74) is 5.71. The van der Waals surface area contributed by atoms with Gasteiger partial charge in [-0.3, -0.25) is 0 Å². The molecule has 0 saturated heterocycles. The minimum atomic E-state index is 0.404. The minimum Gasteiger partial charge on any atom is -0.384 e. The van der Waals surface area contributed by atoms with E-state index in [9.17, 15) is 0 Å². The van der Waals surface area contributed by atoms with Crippen LogP contribution in [0.25, 0.3) is 0 Å². The Morgan fingerprint density at radius 2 is 2.29 bits per heavy atom. The molecule has 0 fully saturated rings. The molecule has 0 aliphatic heterocycles. The highest BCUT2D eigenvalue weighted by Crippen LogP contribution is 2.09. The number of ether oxygens (including phenoxy) is 1. The summed E-state index contributed by atoms with van der Waals surface area (Å²) in [6, 6.07) is 1.74. The normalized spacial score (nSPS) is 10.5. The van der Waals surface area contributed by atoms with Crippen molar-refractivity contribution in [2.24, 2.45) is 0 Å². The summed E-state index contributed by atoms with van der Waals surface area (Å²) >= 11 is 1.84. The number of nitrogens with one attached hydrogen (secondary N) is 1. The van der Waals surface area contributed by atoms with Gasteiger partial charge in [0.15, 0.2) is 5.82 Å². The van der Waals surface area contributed by atoms with E-state index in [1.54, 1.807) is 6.07 Å². The number of nitrogens with two attached hydrogens (primary N) is 1. The summed E-state index contributed by atoms with van der Waals surface area (Å²) < 4.78 is 5.26. The second-order valence-corrected chi connectivity index (χ2v) is 4.49. The Morgan fingerprint density at radius 1 is 1.47 bits per heavy atom. The Bertz CT molecular complexity index is 335. The molecule has 1 aromatic rings. The topological polar surface area (TPSA) is 73.1 Å². The Labute approximate surface area is 107 Å². The van der Waals surface area contributed by atoms with Crippen LogP contribution in [0, 0.1) is 0 Å². The molecule has 0 spiro atoms. The molecule has 0 aliphatic rings. The Kier molecular flexibility index (Phi) is 6.73. The lowest BCUT2D eigenvalue weighted by atomic mass is 10.4. The second-order valence-electron chi connectivity index (χ2n) is 3.50. The van der Waals surface area contributed by atoms with Crippen LogP contribution in [0.5, 0.6) is 0 Å². The highest BCUT2D eigenvalue weighted by molar-refractivity contribution is 7.98. The molecule has 1 heterocycles. The van der Waals surface area contributed by atoms with Crippen LogP contribution in [0.2, 0.25) is 0 Å². The smallest absolute Gasteiger partial charge is 0.158 e. The predicted octanol–water partition coefficient (Wildman–Crippen LogP) is 1.76. The van der Waals surface area contributed by atoms with Crippen molar-refractivity contribution in [3.63, 3.8) is 0 Å². The molecule has 1 rings (SSSR count). The van der Waals surface area contributed by atoms with E-state index < -0.39 is 0 Å². The van der Waals surface area contributed by atoms with Gasteiger partial charge in [0.1, 0.15) is 18.2 Å². The highest BCUT2D eigenvalue weighted by Gasteiger charge is 2.02. The van der Waals surface area contributed by atoms with E-state index in [0.717, 1.165) is 24.5 Å². The van der Waals surface area contributed by atoms with E-state index in [1.165, 1.54) is 0 Å². The first-order valence-corrected chi connectivity index (χ1v) is 7.09. The molecule has 0 aliphatic carbocycles. The number of anilines is 2. The van der Waals surface area contributed by atoms with Crippen molar-refractivity contribution in [1.82, 2.24) is 9.97 Å². The van der Waals surface area contributed by atoms with Gasteiger partial charge in [0.2, 0.25) is 0 Å². The van der Waals surface area contributed by atoms with Gasteiger partial charge in [0, 0.05) is 19.2 Å². The Balaban J connectivity index is 2.50. The van der Waals surface area contributed by atoms with Crippen LogP contribution in [0.3, 0.4) is 0 Å². The summed E-state index contributed by atoms with van der Waals surface area (Å²) in [4.78, 5) is 8.45. The summed E-state index contributed by atoms with van der Waals surface area (Å²) in [6.07, 6.45) is 3.20. The van der Waals surface area contributed by atoms with E-state index in [4.69, 9.17) is 10.5 Å². The molecule has 96 valence electrons. The third-order valence-electron chi connectivity index (χ3n) is 2.06. The van der Waals surface area contributed by atoms with Gasteiger partial charge in [-0.15, -0.1) is 0 Å². The van der Waals surface area contributed by atoms with Crippen molar-refractivity contribution in [3.05, 3.63) is 11.9 Å². The maximum Gasteiger partial charge on any atom is 0.158 e. The SMILES string of the molecule is CCOCc1nc(N)cc(NCCCSC)n1. The van der Waals surface area contributed by atoms with Gasteiger partial charge in [-0.05, 0) is 25.4 Å². The summed E-state index contributed by atoms with van der Waals surface area (Å²) in [5, 5.41) is 3.24. The summed E-state index contributed by atoms with van der Waals surface area (Å²) in [6.45, 7) is 3.88. The van der Waals surface area contributed by atoms with Crippen molar-refractivity contribution in [2.75, 3.05) is 36.2 Å². The zero-order valence-corrected chi connectivity index (χ0v) is 11.2. The van der Waals surface area contributed by atoms with E-state index in [-0.39, 0.29) is 0 Å². The minimum absolute atomic E-state index is 0.404. The van der Waals surface area contributed by atoms with Crippen LogP contribution in [0.1, 0.15) is 19.2 Å². The molecule has 0 unspecified atom stereocenters. The van der Waals surface area contributed by atoms with Crippen LogP contribution >= 0.6 is 11.8 Å². The summed E-state index contributed by atoms with van der Waals surface area (Å²) in [7, 11) is 0. The van der Waals surface area contributed by atoms with Crippen LogP contribution < -0.4 is 11.1 Å². The highest BCUT2D eigenvalue weighted by atomic mass is 32.2. The first kappa shape index (κ1) is 14.1. The maximum atomic E-state index is 5.71. The van der Waals surface area contributed by atoms with Crippen molar-refractivity contribution >= 4 is 23.4 Å². The molecule has 6 heteroatoms. The third kappa shape index (κ3) is 5.74. The molecule has 0 saturated carbocycles. The largest absolute Gasteiger partial charge is 0.384 e. The average Bonchev–Trinajstić information content (AvgIpc) is 2.31. The molecule has 0 atom stereocenters. The Morgan fingerprint density at radius 3 is 3.00 bits per heavy atom. The number of nitrogen functional groups attached to an aromatic ring is 1. The fourth-order valence-corrected chi connectivity index (χ4v) is 1.73. The number of rotatable bonds is 8. The lowest BCUT2D eigenvalue weighted by molar-refractivity contribution is 0.128. The molecule has 0 bridgehead atoms. The lowest BCUT2D eigenvalue weighted by Gasteiger charge is -2.08. The molecule has 0 amide bonds. The zero-order valence-electron chi connectivity index (χ0n) is 10.4. The number of nitrogens with zero attached hydrogens (tertiary/aromatic N) is 2. The van der Waals surface area contributed by atoms with E-state index in [2.05, 4.69) is 21.5 Å². The maximum absolute atomic E-state index is 5.71. The number of hydrogen-bond donors (Lipinski definition) is 2. The van der Waals surface area contributed by atoms with Crippen LogP contribution in [-0.4, -0.2) is 35.1 Å². The average molecular weight is 256 g/mol. The number of thioether (sulfide) groups is 1. The van der Waals surface area contributed by atoms with E-state index in [0.29, 0.717) is 24.9 Å². The van der Waals surface area contributed by atoms with Gasteiger partial charge >= 0.3 is 0 Å². The fourth-order valence-electron chi connectivity index (χ4n) is 1.30. The molecule has 17 heavy (non-hydrogen) atoms. The summed E-state index contributed by atoms with van der Waals surface area (Å²) in [5.74, 6) is 3.01. The van der Waals surface area contributed by atoms with Gasteiger partial charge in [-0.25, -0.2) is 9.97 Å². The molecule has 0 radical (unpaired) electrons. The van der Waals surface area contributed by atoms with Crippen molar-refractivity contribution in [3.8, 4) is 0 Å². The van der Waals surface area contributed by atoms with E-state index >= 15 is 0 Å². The number of hydrogen-bond acceptors (Lipinski definition) is 6. The van der Waals surface area contributed by atoms with Crippen molar-refractivity contribution < 1.29 is 4.74 Å². The Hall–Kier alpha value is -1.01. The third-order valence-corrected chi connectivity index (χ3v) is 2.76. The van der Waals surface area contributed by atoms with Gasteiger partial charge in [-0.1, -0.05) is 0 Å². The van der Waals surface area contributed by atoms with Gasteiger partial charge in [-0.2, -0.15) is 11.8 Å². The van der Waals surface area contributed by atoms with Crippen molar-refractivity contribution in [1.29, 1.82) is 0 Å². The molecular formula is C11H20N4OS. The lowest BCUT2D eigenvalue weighted by Crippen LogP contribution is -2.09. The first-order chi connectivity index (χ1) is 8.26. The van der Waals surface area contributed by atoms with E-state index in [1.807, 2.05) is 18.7 Å². The van der Waals surface area contributed by atoms with Gasteiger partial charge < -0.3 is 15.8 Å². The van der Waals surface area contributed by atoms with Crippen LogP contribution in [0.15, 0.2) is 6.07 Å². The van der Waals surface area contributed by atoms with Crippen molar-refractivity contribution in [2.45, 2.75) is 20.0 Å². The molecule has 3 N–H and O–H groups in total.